The SMILES string of the molecule is CNC(C)c1ccc(OCCCCC(C)(C)C#N)c(C)c1. The Hall–Kier alpha value is -1.53. The largest absolute Gasteiger partial charge is 0.493 e. The number of benzene rings is 1. The minimum absolute atomic E-state index is 0.221. The van der Waals surface area contributed by atoms with E-state index >= 15 is 0 Å². The predicted octanol–water partition coefficient (Wildman–Crippen LogP) is 4.37. The van der Waals surface area contributed by atoms with Crippen LogP contribution < -0.4 is 10.1 Å². The van der Waals surface area contributed by atoms with Crippen LogP contribution in [0.2, 0.25) is 0 Å². The molecular formula is C18H28N2O. The maximum atomic E-state index is 8.97. The van der Waals surface area contributed by atoms with E-state index in [1.165, 1.54) is 11.1 Å². The minimum atomic E-state index is -0.221. The standard InChI is InChI=1S/C18H28N2O/c1-14-12-16(15(2)20-5)8-9-17(14)21-11-7-6-10-18(3,4)13-19/h8-9,12,15,20H,6-7,10-11H2,1-5H3. The molecule has 0 aliphatic heterocycles. The van der Waals surface area contributed by atoms with Gasteiger partial charge in [0.05, 0.1) is 18.1 Å². The maximum Gasteiger partial charge on any atom is 0.122 e. The van der Waals surface area contributed by atoms with Crippen molar-refractivity contribution in [1.82, 2.24) is 5.32 Å². The van der Waals surface area contributed by atoms with Crippen LogP contribution in [-0.4, -0.2) is 13.7 Å². The quantitative estimate of drug-likeness (QED) is 0.722. The van der Waals surface area contributed by atoms with Gasteiger partial charge in [-0.3, -0.25) is 0 Å². The van der Waals surface area contributed by atoms with Gasteiger partial charge in [-0.25, -0.2) is 0 Å². The molecule has 0 saturated carbocycles. The van der Waals surface area contributed by atoms with Crippen LogP contribution in [-0.2, 0) is 0 Å². The summed E-state index contributed by atoms with van der Waals surface area (Å²) in [5.74, 6) is 0.960. The molecular weight excluding hydrogens is 260 g/mol. The molecule has 0 bridgehead atoms. The molecule has 1 atom stereocenters. The maximum absolute atomic E-state index is 8.97. The number of hydrogen-bond donors (Lipinski definition) is 1. The van der Waals surface area contributed by atoms with Gasteiger partial charge in [0.15, 0.2) is 0 Å². The number of rotatable bonds is 8. The zero-order chi connectivity index (χ0) is 15.9. The van der Waals surface area contributed by atoms with E-state index in [1.54, 1.807) is 0 Å². The Morgan fingerprint density at radius 3 is 2.62 bits per heavy atom. The van der Waals surface area contributed by atoms with Crippen molar-refractivity contribution in [3.63, 3.8) is 0 Å². The van der Waals surface area contributed by atoms with Gasteiger partial charge in [0.2, 0.25) is 0 Å². The van der Waals surface area contributed by atoms with E-state index < -0.39 is 0 Å². The molecule has 1 unspecified atom stereocenters. The lowest BCUT2D eigenvalue weighted by atomic mass is 9.89. The smallest absolute Gasteiger partial charge is 0.122 e. The fourth-order valence-corrected chi connectivity index (χ4v) is 2.18. The van der Waals surface area contributed by atoms with Crippen molar-refractivity contribution in [3.8, 4) is 11.8 Å². The number of nitrogens with one attached hydrogen (secondary N) is 1. The monoisotopic (exact) mass is 288 g/mol. The van der Waals surface area contributed by atoms with Crippen molar-refractivity contribution >= 4 is 0 Å². The topological polar surface area (TPSA) is 45.0 Å². The predicted molar refractivity (Wildman–Crippen MR) is 87.4 cm³/mol. The molecule has 0 heterocycles. The molecule has 1 aromatic carbocycles. The molecule has 116 valence electrons. The van der Waals surface area contributed by atoms with Crippen LogP contribution >= 0.6 is 0 Å². The van der Waals surface area contributed by atoms with Gasteiger partial charge in [0.25, 0.3) is 0 Å². The van der Waals surface area contributed by atoms with E-state index in [2.05, 4.69) is 43.4 Å². The molecule has 0 spiro atoms. The summed E-state index contributed by atoms with van der Waals surface area (Å²) in [6.45, 7) is 8.91. The average molecular weight is 288 g/mol. The normalized spacial score (nSPS) is 12.8. The highest BCUT2D eigenvalue weighted by Gasteiger charge is 2.15. The molecule has 21 heavy (non-hydrogen) atoms. The molecule has 0 amide bonds. The molecule has 1 aromatic rings. The van der Waals surface area contributed by atoms with Crippen molar-refractivity contribution in [2.45, 2.75) is 53.0 Å². The Bertz CT molecular complexity index is 488. The summed E-state index contributed by atoms with van der Waals surface area (Å²) in [7, 11) is 1.97. The Labute approximate surface area is 129 Å². The number of nitriles is 1. The molecule has 1 N–H and O–H groups in total. The highest BCUT2D eigenvalue weighted by atomic mass is 16.5. The van der Waals surface area contributed by atoms with Crippen LogP contribution in [0.1, 0.15) is 57.2 Å². The summed E-state index contributed by atoms with van der Waals surface area (Å²) in [5, 5.41) is 12.2. The summed E-state index contributed by atoms with van der Waals surface area (Å²) in [4.78, 5) is 0. The Morgan fingerprint density at radius 1 is 1.33 bits per heavy atom. The van der Waals surface area contributed by atoms with Crippen LogP contribution in [0, 0.1) is 23.7 Å². The Kier molecular flexibility index (Phi) is 6.71. The van der Waals surface area contributed by atoms with E-state index in [0.717, 1.165) is 25.0 Å². The van der Waals surface area contributed by atoms with Crippen molar-refractivity contribution < 1.29 is 4.74 Å². The summed E-state index contributed by atoms with van der Waals surface area (Å²) >= 11 is 0. The van der Waals surface area contributed by atoms with Crippen molar-refractivity contribution in [2.75, 3.05) is 13.7 Å². The zero-order valence-electron chi connectivity index (χ0n) is 14.0. The molecule has 3 heteroatoms. The second-order valence-corrected chi connectivity index (χ2v) is 6.34. The van der Waals surface area contributed by atoms with Crippen LogP contribution in [0.3, 0.4) is 0 Å². The van der Waals surface area contributed by atoms with E-state index in [9.17, 15) is 0 Å². The number of ether oxygens (including phenoxy) is 1. The first-order chi connectivity index (χ1) is 9.89. The summed E-state index contributed by atoms with van der Waals surface area (Å²) in [6.07, 6.45) is 2.93. The highest BCUT2D eigenvalue weighted by molar-refractivity contribution is 5.37. The molecule has 0 saturated heterocycles. The summed E-state index contributed by atoms with van der Waals surface area (Å²) in [6, 6.07) is 9.03. The van der Waals surface area contributed by atoms with Gasteiger partial charge in [-0.15, -0.1) is 0 Å². The van der Waals surface area contributed by atoms with E-state index in [-0.39, 0.29) is 5.41 Å². The Balaban J connectivity index is 2.41. The molecule has 0 aliphatic carbocycles. The first kappa shape index (κ1) is 17.5. The molecule has 0 aliphatic rings. The zero-order valence-corrected chi connectivity index (χ0v) is 14.0. The summed E-state index contributed by atoms with van der Waals surface area (Å²) < 4.78 is 5.85. The van der Waals surface area contributed by atoms with Gasteiger partial charge in [0, 0.05) is 6.04 Å². The lowest BCUT2D eigenvalue weighted by molar-refractivity contribution is 0.293. The third kappa shape index (κ3) is 5.77. The number of nitrogens with zero attached hydrogens (tertiary/aromatic N) is 1. The van der Waals surface area contributed by atoms with Crippen molar-refractivity contribution in [1.29, 1.82) is 5.26 Å². The summed E-state index contributed by atoms with van der Waals surface area (Å²) in [5.41, 5.74) is 2.23. The first-order valence-electron chi connectivity index (χ1n) is 7.71. The Morgan fingerprint density at radius 2 is 2.05 bits per heavy atom. The fraction of sp³-hybridized carbons (Fsp3) is 0.611. The van der Waals surface area contributed by atoms with Crippen LogP contribution in [0.4, 0.5) is 0 Å². The van der Waals surface area contributed by atoms with E-state index in [1.807, 2.05) is 20.9 Å². The van der Waals surface area contributed by atoms with Gasteiger partial charge < -0.3 is 10.1 Å². The number of aryl methyl sites for hydroxylation is 1. The van der Waals surface area contributed by atoms with Gasteiger partial charge in [-0.05, 0) is 71.2 Å². The fourth-order valence-electron chi connectivity index (χ4n) is 2.18. The third-order valence-corrected chi connectivity index (χ3v) is 3.89. The molecule has 3 nitrogen and oxygen atoms in total. The lowest BCUT2D eigenvalue weighted by Crippen LogP contribution is -2.12. The van der Waals surface area contributed by atoms with Gasteiger partial charge >= 0.3 is 0 Å². The molecule has 1 rings (SSSR count). The molecule has 0 aromatic heterocycles. The van der Waals surface area contributed by atoms with Crippen molar-refractivity contribution in [2.24, 2.45) is 5.41 Å². The first-order valence-corrected chi connectivity index (χ1v) is 7.71. The lowest BCUT2D eigenvalue weighted by Gasteiger charge is -2.16. The highest BCUT2D eigenvalue weighted by Crippen LogP contribution is 2.24. The van der Waals surface area contributed by atoms with Gasteiger partial charge in [0.1, 0.15) is 5.75 Å². The average Bonchev–Trinajstić information content (AvgIpc) is 2.47. The second-order valence-electron chi connectivity index (χ2n) is 6.34. The number of hydrogen-bond acceptors (Lipinski definition) is 3. The van der Waals surface area contributed by atoms with Crippen LogP contribution in [0.5, 0.6) is 5.75 Å². The van der Waals surface area contributed by atoms with Crippen LogP contribution in [0.25, 0.3) is 0 Å². The van der Waals surface area contributed by atoms with Gasteiger partial charge in [-0.1, -0.05) is 12.1 Å². The number of unbranched alkanes of at least 4 members (excludes halogenated alkanes) is 1. The second kappa shape index (κ2) is 8.05. The third-order valence-electron chi connectivity index (χ3n) is 3.89. The van der Waals surface area contributed by atoms with Crippen LogP contribution in [0.15, 0.2) is 18.2 Å². The molecule has 0 radical (unpaired) electrons. The van der Waals surface area contributed by atoms with Crippen molar-refractivity contribution in [3.05, 3.63) is 29.3 Å². The van der Waals surface area contributed by atoms with Gasteiger partial charge in [-0.2, -0.15) is 5.26 Å². The minimum Gasteiger partial charge on any atom is -0.493 e. The van der Waals surface area contributed by atoms with E-state index in [0.29, 0.717) is 12.6 Å². The molecule has 0 fully saturated rings. The van der Waals surface area contributed by atoms with E-state index in [4.69, 9.17) is 10.00 Å².